The van der Waals surface area contributed by atoms with Gasteiger partial charge in [0, 0.05) is 11.8 Å². The molecule has 2 N–H and O–H groups in total. The van der Waals surface area contributed by atoms with Crippen molar-refractivity contribution in [2.45, 2.75) is 104 Å². The van der Waals surface area contributed by atoms with Gasteiger partial charge in [-0.2, -0.15) is 0 Å². The molecule has 0 aromatic carbocycles. The highest BCUT2D eigenvalue weighted by Crippen LogP contribution is 2.48. The number of hydrogen-bond acceptors (Lipinski definition) is 8. The van der Waals surface area contributed by atoms with Gasteiger partial charge in [0.15, 0.2) is 0 Å². The Balaban J connectivity index is 1.91. The van der Waals surface area contributed by atoms with E-state index >= 15 is 0 Å². The third-order valence-electron chi connectivity index (χ3n) is 7.94. The van der Waals surface area contributed by atoms with Crippen LogP contribution in [0.3, 0.4) is 0 Å². The lowest BCUT2D eigenvalue weighted by Crippen LogP contribution is -2.54. The minimum absolute atomic E-state index is 0.195. The van der Waals surface area contributed by atoms with Crippen LogP contribution in [0.4, 0.5) is 0 Å². The van der Waals surface area contributed by atoms with Crippen molar-refractivity contribution in [3.8, 4) is 0 Å². The molecule has 2 aliphatic rings. The standard InChI is InChI=1S/C30H43NO6S/c1-6-7-9-24-28(34)21(4)36-15-12-19(2)10-11-25(20(3)16-23-18-38-22(5)31-23)37-27(33)17-26(32)30(29(24)35)13-8-14-30/h6-7,10,16,18,21,24-26,28,32,34H,8-9,11-15,17H2,1-5H3/b7-6+,19-10-,20-16+/t21-,24-,25+,26+,28-/m1/s1. The summed E-state index contributed by atoms with van der Waals surface area (Å²) in [5, 5.41) is 25.3. The first-order valence-corrected chi connectivity index (χ1v) is 14.5. The van der Waals surface area contributed by atoms with Gasteiger partial charge in [-0.1, -0.05) is 30.2 Å². The molecule has 3 rings (SSSR count). The number of hydrogen-bond donors (Lipinski definition) is 2. The van der Waals surface area contributed by atoms with Crippen molar-refractivity contribution in [3.63, 3.8) is 0 Å². The Morgan fingerprint density at radius 2 is 2.00 bits per heavy atom. The maximum atomic E-state index is 13.9. The van der Waals surface area contributed by atoms with Crippen LogP contribution in [0.1, 0.15) is 83.3 Å². The number of aliphatic hydroxyl groups is 2. The predicted octanol–water partition coefficient (Wildman–Crippen LogP) is 5.35. The van der Waals surface area contributed by atoms with Crippen LogP contribution in [0, 0.1) is 18.3 Å². The fourth-order valence-electron chi connectivity index (χ4n) is 5.26. The van der Waals surface area contributed by atoms with Crippen molar-refractivity contribution < 1.29 is 29.3 Å². The molecule has 5 atom stereocenters. The summed E-state index contributed by atoms with van der Waals surface area (Å²) in [5.41, 5.74) is 1.70. The molecule has 8 heteroatoms. The lowest BCUT2D eigenvalue weighted by molar-refractivity contribution is -0.163. The number of cyclic esters (lactones) is 1. The van der Waals surface area contributed by atoms with E-state index in [4.69, 9.17) is 9.47 Å². The van der Waals surface area contributed by atoms with Crippen molar-refractivity contribution in [2.75, 3.05) is 6.61 Å². The zero-order valence-corrected chi connectivity index (χ0v) is 24.1. The Bertz CT molecular complexity index is 1050. The first kappa shape index (κ1) is 30.4. The van der Waals surface area contributed by atoms with Gasteiger partial charge in [0.1, 0.15) is 11.9 Å². The average Bonchev–Trinajstić information content (AvgIpc) is 3.24. The molecule has 0 unspecified atom stereocenters. The van der Waals surface area contributed by atoms with Crippen molar-refractivity contribution in [1.82, 2.24) is 4.98 Å². The van der Waals surface area contributed by atoms with E-state index in [-0.39, 0.29) is 12.2 Å². The lowest BCUT2D eigenvalue weighted by Gasteiger charge is -2.46. The first-order chi connectivity index (χ1) is 18.1. The van der Waals surface area contributed by atoms with Gasteiger partial charge >= 0.3 is 5.97 Å². The molecule has 7 nitrogen and oxygen atoms in total. The number of nitrogens with zero attached hydrogens (tertiary/aromatic N) is 1. The molecule has 1 fully saturated rings. The van der Waals surface area contributed by atoms with Crippen LogP contribution in [0.2, 0.25) is 0 Å². The third kappa shape index (κ3) is 7.50. The smallest absolute Gasteiger partial charge is 0.309 e. The molecule has 0 saturated heterocycles. The Labute approximate surface area is 230 Å². The summed E-state index contributed by atoms with van der Waals surface area (Å²) >= 11 is 1.56. The summed E-state index contributed by atoms with van der Waals surface area (Å²) in [6.45, 7) is 9.91. The van der Waals surface area contributed by atoms with Gasteiger partial charge in [0.25, 0.3) is 0 Å². The molecular formula is C30H43NO6S. The second-order valence-electron chi connectivity index (χ2n) is 10.8. The lowest BCUT2D eigenvalue weighted by atomic mass is 9.58. The minimum atomic E-state index is -1.18. The van der Waals surface area contributed by atoms with Crippen LogP contribution in [0.15, 0.2) is 34.8 Å². The molecule has 38 heavy (non-hydrogen) atoms. The van der Waals surface area contributed by atoms with Crippen molar-refractivity contribution in [2.24, 2.45) is 11.3 Å². The van der Waals surface area contributed by atoms with Gasteiger partial charge in [-0.3, -0.25) is 9.59 Å². The summed E-state index contributed by atoms with van der Waals surface area (Å²) in [5.74, 6) is -1.46. The van der Waals surface area contributed by atoms with E-state index in [0.717, 1.165) is 28.3 Å². The number of aromatic nitrogens is 1. The fourth-order valence-corrected chi connectivity index (χ4v) is 5.83. The zero-order chi connectivity index (χ0) is 27.9. The summed E-state index contributed by atoms with van der Waals surface area (Å²) in [6, 6.07) is 0. The van der Waals surface area contributed by atoms with E-state index in [0.29, 0.717) is 38.7 Å². The summed E-state index contributed by atoms with van der Waals surface area (Å²) in [4.78, 5) is 31.5. The fraction of sp³-hybridized carbons (Fsp3) is 0.633. The summed E-state index contributed by atoms with van der Waals surface area (Å²) in [6.07, 6.45) is 7.40. The maximum Gasteiger partial charge on any atom is 0.309 e. The molecule has 210 valence electrons. The number of aliphatic hydroxyl groups excluding tert-OH is 2. The van der Waals surface area contributed by atoms with Crippen LogP contribution in [0.5, 0.6) is 0 Å². The highest BCUT2D eigenvalue weighted by molar-refractivity contribution is 7.09. The van der Waals surface area contributed by atoms with Crippen molar-refractivity contribution >= 4 is 29.2 Å². The number of carbonyl (C=O) groups is 2. The SMILES string of the molecule is C/C=C/C[C@H]1C(=O)C2(CCC2)[C@@H](O)CC(=O)O[C@H](/C(C)=C/c2csc(C)n2)C/C=C(/C)CCO[C@H](C)[C@H]1O. The molecule has 0 amide bonds. The van der Waals surface area contributed by atoms with Crippen molar-refractivity contribution in [3.05, 3.63) is 45.5 Å². The Hall–Kier alpha value is -2.13. The van der Waals surface area contributed by atoms with E-state index in [1.165, 1.54) is 0 Å². The van der Waals surface area contributed by atoms with E-state index in [1.807, 2.05) is 57.4 Å². The summed E-state index contributed by atoms with van der Waals surface area (Å²) < 4.78 is 11.9. The number of ether oxygens (including phenoxy) is 2. The van der Waals surface area contributed by atoms with Crippen LogP contribution in [0.25, 0.3) is 6.08 Å². The van der Waals surface area contributed by atoms with Crippen molar-refractivity contribution in [1.29, 1.82) is 0 Å². The van der Waals surface area contributed by atoms with Gasteiger partial charge < -0.3 is 19.7 Å². The quantitative estimate of drug-likeness (QED) is 0.388. The minimum Gasteiger partial charge on any atom is -0.457 e. The maximum absolute atomic E-state index is 13.9. The molecule has 0 bridgehead atoms. The Kier molecular flexibility index (Phi) is 11.0. The monoisotopic (exact) mass is 545 g/mol. The molecule has 1 aliphatic carbocycles. The predicted molar refractivity (Wildman–Crippen MR) is 150 cm³/mol. The third-order valence-corrected chi connectivity index (χ3v) is 8.73. The first-order valence-electron chi connectivity index (χ1n) is 13.7. The number of aryl methyl sites for hydroxylation is 1. The highest BCUT2D eigenvalue weighted by Gasteiger charge is 2.53. The number of esters is 1. The molecule has 1 aromatic rings. The number of rotatable bonds is 4. The molecule has 1 saturated carbocycles. The Morgan fingerprint density at radius 3 is 2.61 bits per heavy atom. The van der Waals surface area contributed by atoms with Gasteiger partial charge in [-0.05, 0) is 72.0 Å². The molecule has 2 heterocycles. The second kappa shape index (κ2) is 13.8. The number of Topliss-reactive ketones (excluding diaryl/α,β-unsaturated/α-hetero) is 1. The Morgan fingerprint density at radius 1 is 1.26 bits per heavy atom. The molecular weight excluding hydrogens is 502 g/mol. The summed E-state index contributed by atoms with van der Waals surface area (Å²) in [7, 11) is 0. The molecule has 1 aromatic heterocycles. The van der Waals surface area contributed by atoms with E-state index < -0.39 is 41.7 Å². The largest absolute Gasteiger partial charge is 0.457 e. The number of allylic oxidation sites excluding steroid dienone is 2. The van der Waals surface area contributed by atoms with Gasteiger partial charge in [-0.25, -0.2) is 4.98 Å². The normalized spacial score (nSPS) is 31.6. The number of carbonyl (C=O) groups excluding carboxylic acids is 2. The van der Waals surface area contributed by atoms with Gasteiger partial charge in [0.2, 0.25) is 0 Å². The highest BCUT2D eigenvalue weighted by atomic mass is 32.1. The van der Waals surface area contributed by atoms with E-state index in [1.54, 1.807) is 18.3 Å². The van der Waals surface area contributed by atoms with E-state index in [9.17, 15) is 19.8 Å². The molecule has 1 spiro atoms. The van der Waals surface area contributed by atoms with Crippen LogP contribution >= 0.6 is 11.3 Å². The topological polar surface area (TPSA) is 106 Å². The number of ketones is 1. The second-order valence-corrected chi connectivity index (χ2v) is 11.8. The molecule has 0 radical (unpaired) electrons. The number of thiazole rings is 1. The van der Waals surface area contributed by atoms with Gasteiger partial charge in [0.05, 0.1) is 53.4 Å². The average molecular weight is 546 g/mol. The van der Waals surface area contributed by atoms with Crippen LogP contribution < -0.4 is 0 Å². The molecule has 1 aliphatic heterocycles. The van der Waals surface area contributed by atoms with Crippen LogP contribution in [-0.4, -0.2) is 58.0 Å². The van der Waals surface area contributed by atoms with E-state index in [2.05, 4.69) is 4.98 Å². The van der Waals surface area contributed by atoms with Crippen LogP contribution in [-0.2, 0) is 19.1 Å². The van der Waals surface area contributed by atoms with Gasteiger partial charge in [-0.15, -0.1) is 11.3 Å². The zero-order valence-electron chi connectivity index (χ0n) is 23.3.